The largest absolute Gasteiger partial charge is 0.306 e. The lowest BCUT2D eigenvalue weighted by Crippen LogP contribution is -2.11. The van der Waals surface area contributed by atoms with E-state index in [0.29, 0.717) is 0 Å². The summed E-state index contributed by atoms with van der Waals surface area (Å²) in [5.41, 5.74) is 3.45. The third-order valence-corrected chi connectivity index (χ3v) is 3.24. The number of hydrogen-bond donors (Lipinski definition) is 0. The highest BCUT2D eigenvalue weighted by atomic mass is 35.5. The molecule has 0 radical (unpaired) electrons. The van der Waals surface area contributed by atoms with E-state index in [1.165, 1.54) is 11.1 Å². The first kappa shape index (κ1) is 13.9. The zero-order chi connectivity index (χ0) is 13.7. The van der Waals surface area contributed by atoms with Gasteiger partial charge in [0.2, 0.25) is 0 Å². The molecule has 0 aliphatic carbocycles. The predicted molar refractivity (Wildman–Crippen MR) is 83.5 cm³/mol. The summed E-state index contributed by atoms with van der Waals surface area (Å²) in [7, 11) is 4.12. The summed E-state index contributed by atoms with van der Waals surface area (Å²) in [4.78, 5) is 2.14. The predicted octanol–water partition coefficient (Wildman–Crippen LogP) is 4.33. The van der Waals surface area contributed by atoms with Gasteiger partial charge < -0.3 is 4.90 Å². The van der Waals surface area contributed by atoms with Gasteiger partial charge in [0.15, 0.2) is 0 Å². The molecule has 0 aliphatic heterocycles. The molecule has 0 unspecified atom stereocenters. The van der Waals surface area contributed by atoms with Gasteiger partial charge in [-0.15, -0.1) is 0 Å². The fourth-order valence-electron chi connectivity index (χ4n) is 1.95. The second-order valence-electron chi connectivity index (χ2n) is 4.73. The molecule has 0 aliphatic rings. The summed E-state index contributed by atoms with van der Waals surface area (Å²) < 4.78 is 0. The van der Waals surface area contributed by atoms with E-state index >= 15 is 0 Å². The minimum Gasteiger partial charge on any atom is -0.306 e. The summed E-state index contributed by atoms with van der Waals surface area (Å²) in [5, 5.41) is 0.788. The number of nitrogens with zero attached hydrogens (tertiary/aromatic N) is 1. The van der Waals surface area contributed by atoms with Gasteiger partial charge in [-0.1, -0.05) is 66.2 Å². The molecule has 0 fully saturated rings. The molecule has 0 spiro atoms. The van der Waals surface area contributed by atoms with Crippen LogP contribution < -0.4 is 0 Å². The van der Waals surface area contributed by atoms with Crippen LogP contribution >= 0.6 is 11.6 Å². The Bertz CT molecular complexity index is 558. The molecule has 0 N–H and O–H groups in total. The van der Waals surface area contributed by atoms with E-state index in [1.807, 2.05) is 24.3 Å². The maximum Gasteiger partial charge on any atom is 0.0484 e. The van der Waals surface area contributed by atoms with Crippen LogP contribution in [0, 0.1) is 0 Å². The van der Waals surface area contributed by atoms with Crippen LogP contribution in [0.15, 0.2) is 60.7 Å². The Kier molecular flexibility index (Phi) is 4.78. The van der Waals surface area contributed by atoms with Gasteiger partial charge in [0.05, 0.1) is 0 Å². The molecule has 2 aromatic rings. The fourth-order valence-corrected chi connectivity index (χ4v) is 2.19. The van der Waals surface area contributed by atoms with Crippen molar-refractivity contribution >= 4 is 17.2 Å². The summed E-state index contributed by atoms with van der Waals surface area (Å²) in [5.74, 6) is 0. The quantitative estimate of drug-likeness (QED) is 0.800. The first-order chi connectivity index (χ1) is 9.18. The first-order valence-corrected chi connectivity index (χ1v) is 6.71. The van der Waals surface area contributed by atoms with Crippen LogP contribution in [-0.2, 0) is 0 Å². The number of rotatable bonds is 4. The Balaban J connectivity index is 2.47. The smallest absolute Gasteiger partial charge is 0.0484 e. The Hall–Kier alpha value is -1.57. The summed E-state index contributed by atoms with van der Waals surface area (Å²) in [6.07, 6.45) is 2.22. The SMILES string of the molecule is CN(C)CC=C(c1ccccc1)c1ccccc1Cl. The summed E-state index contributed by atoms with van der Waals surface area (Å²) in [6, 6.07) is 18.3. The molecule has 2 heteroatoms. The molecule has 0 bridgehead atoms. The molecular weight excluding hydrogens is 254 g/mol. The van der Waals surface area contributed by atoms with Gasteiger partial charge in [-0.25, -0.2) is 0 Å². The van der Waals surface area contributed by atoms with Crippen molar-refractivity contribution in [2.45, 2.75) is 0 Å². The zero-order valence-electron chi connectivity index (χ0n) is 11.3. The van der Waals surface area contributed by atoms with Crippen molar-refractivity contribution in [1.82, 2.24) is 4.90 Å². The molecule has 0 heterocycles. The topological polar surface area (TPSA) is 3.24 Å². The Labute approximate surface area is 120 Å². The first-order valence-electron chi connectivity index (χ1n) is 6.33. The van der Waals surface area contributed by atoms with Crippen molar-refractivity contribution in [2.24, 2.45) is 0 Å². The van der Waals surface area contributed by atoms with E-state index in [4.69, 9.17) is 11.6 Å². The van der Waals surface area contributed by atoms with Crippen LogP contribution in [0.5, 0.6) is 0 Å². The molecule has 2 aromatic carbocycles. The van der Waals surface area contributed by atoms with Crippen molar-refractivity contribution < 1.29 is 0 Å². The molecule has 0 atom stereocenters. The third kappa shape index (κ3) is 3.69. The van der Waals surface area contributed by atoms with Gasteiger partial charge in [0.1, 0.15) is 0 Å². The number of benzene rings is 2. The normalized spacial score (nSPS) is 11.9. The average Bonchev–Trinajstić information content (AvgIpc) is 2.42. The van der Waals surface area contributed by atoms with Crippen molar-refractivity contribution in [3.05, 3.63) is 76.8 Å². The second kappa shape index (κ2) is 6.55. The van der Waals surface area contributed by atoms with E-state index in [2.05, 4.69) is 55.4 Å². The molecule has 0 aromatic heterocycles. The highest BCUT2D eigenvalue weighted by Crippen LogP contribution is 2.29. The van der Waals surface area contributed by atoms with Crippen molar-refractivity contribution in [3.63, 3.8) is 0 Å². The lowest BCUT2D eigenvalue weighted by molar-refractivity contribution is 0.457. The number of likely N-dealkylation sites (N-methyl/N-ethyl adjacent to an activating group) is 1. The lowest BCUT2D eigenvalue weighted by Gasteiger charge is -2.12. The van der Waals surface area contributed by atoms with Gasteiger partial charge in [0.25, 0.3) is 0 Å². The zero-order valence-corrected chi connectivity index (χ0v) is 12.1. The van der Waals surface area contributed by atoms with E-state index in [9.17, 15) is 0 Å². The number of hydrogen-bond acceptors (Lipinski definition) is 1. The van der Waals surface area contributed by atoms with Gasteiger partial charge in [0, 0.05) is 17.1 Å². The molecular formula is C17H18ClN. The minimum atomic E-state index is 0.788. The minimum absolute atomic E-state index is 0.788. The Morgan fingerprint density at radius 3 is 2.26 bits per heavy atom. The third-order valence-electron chi connectivity index (χ3n) is 2.91. The molecule has 0 saturated heterocycles. The van der Waals surface area contributed by atoms with Gasteiger partial charge in [-0.2, -0.15) is 0 Å². The molecule has 1 nitrogen and oxygen atoms in total. The van der Waals surface area contributed by atoms with Crippen LogP contribution in [0.25, 0.3) is 5.57 Å². The lowest BCUT2D eigenvalue weighted by atomic mass is 9.97. The molecule has 0 saturated carbocycles. The monoisotopic (exact) mass is 271 g/mol. The second-order valence-corrected chi connectivity index (χ2v) is 5.13. The van der Waals surface area contributed by atoms with E-state index < -0.39 is 0 Å². The van der Waals surface area contributed by atoms with Crippen LogP contribution in [0.3, 0.4) is 0 Å². The van der Waals surface area contributed by atoms with E-state index in [0.717, 1.165) is 17.1 Å². The fraction of sp³-hybridized carbons (Fsp3) is 0.176. The Morgan fingerprint density at radius 1 is 1.00 bits per heavy atom. The Morgan fingerprint density at radius 2 is 1.63 bits per heavy atom. The summed E-state index contributed by atoms with van der Waals surface area (Å²) >= 11 is 6.33. The van der Waals surface area contributed by atoms with Gasteiger partial charge in [-0.05, 0) is 31.3 Å². The molecule has 2 rings (SSSR count). The molecule has 0 amide bonds. The molecule has 98 valence electrons. The standard InChI is InChI=1S/C17H18ClN/c1-19(2)13-12-15(14-8-4-3-5-9-14)16-10-6-7-11-17(16)18/h3-12H,13H2,1-2H3. The summed E-state index contributed by atoms with van der Waals surface area (Å²) in [6.45, 7) is 0.884. The van der Waals surface area contributed by atoms with Crippen molar-refractivity contribution in [3.8, 4) is 0 Å². The highest BCUT2D eigenvalue weighted by Gasteiger charge is 2.08. The maximum absolute atomic E-state index is 6.33. The van der Waals surface area contributed by atoms with E-state index in [1.54, 1.807) is 0 Å². The van der Waals surface area contributed by atoms with Gasteiger partial charge in [-0.3, -0.25) is 0 Å². The average molecular weight is 272 g/mol. The van der Waals surface area contributed by atoms with Crippen LogP contribution in [0.4, 0.5) is 0 Å². The van der Waals surface area contributed by atoms with E-state index in [-0.39, 0.29) is 0 Å². The highest BCUT2D eigenvalue weighted by molar-refractivity contribution is 6.32. The van der Waals surface area contributed by atoms with Gasteiger partial charge >= 0.3 is 0 Å². The number of halogens is 1. The maximum atomic E-state index is 6.33. The molecule has 19 heavy (non-hydrogen) atoms. The van der Waals surface area contributed by atoms with Crippen LogP contribution in [0.1, 0.15) is 11.1 Å². The van der Waals surface area contributed by atoms with Crippen molar-refractivity contribution in [1.29, 1.82) is 0 Å². The van der Waals surface area contributed by atoms with Crippen LogP contribution in [0.2, 0.25) is 5.02 Å². The van der Waals surface area contributed by atoms with Crippen LogP contribution in [-0.4, -0.2) is 25.5 Å². The van der Waals surface area contributed by atoms with Crippen molar-refractivity contribution in [2.75, 3.05) is 20.6 Å².